The smallest absolute Gasteiger partial charge is 0.416 e. The van der Waals surface area contributed by atoms with Crippen molar-refractivity contribution in [3.63, 3.8) is 0 Å². The molecule has 1 aromatic heterocycles. The molecule has 0 atom stereocenters. The van der Waals surface area contributed by atoms with Crippen LogP contribution in [0.2, 0.25) is 0 Å². The summed E-state index contributed by atoms with van der Waals surface area (Å²) in [6.07, 6.45) is -3.39. The van der Waals surface area contributed by atoms with Crippen LogP contribution in [0.15, 0.2) is 54.7 Å². The summed E-state index contributed by atoms with van der Waals surface area (Å²) in [6.45, 7) is 1.73. The first-order valence-electron chi connectivity index (χ1n) is 9.63. The number of nitrogens with zero attached hydrogens (tertiary/aromatic N) is 1. The average Bonchev–Trinajstić information content (AvgIpc) is 3.20. The Morgan fingerprint density at radius 3 is 2.33 bits per heavy atom. The van der Waals surface area contributed by atoms with E-state index in [4.69, 9.17) is 5.73 Å². The molecule has 3 rings (SSSR count). The third-order valence-corrected chi connectivity index (χ3v) is 4.83. The molecule has 0 unspecified atom stereocenters. The molecule has 0 fully saturated rings. The lowest BCUT2D eigenvalue weighted by Crippen LogP contribution is -2.34. The number of hydrogen-bond acceptors (Lipinski definition) is 3. The van der Waals surface area contributed by atoms with Gasteiger partial charge in [0, 0.05) is 29.7 Å². The zero-order valence-electron chi connectivity index (χ0n) is 17.2. The van der Waals surface area contributed by atoms with Gasteiger partial charge in [-0.1, -0.05) is 18.2 Å². The molecule has 11 heteroatoms. The van der Waals surface area contributed by atoms with Gasteiger partial charge in [-0.2, -0.15) is 13.2 Å². The summed E-state index contributed by atoms with van der Waals surface area (Å²) in [5.74, 6) is -2.10. The van der Waals surface area contributed by atoms with Gasteiger partial charge in [0.05, 0.1) is 11.1 Å². The number of alkyl halides is 3. The molecule has 33 heavy (non-hydrogen) atoms. The number of anilines is 2. The Bertz CT molecular complexity index is 1170. The number of hydrogen-bond donors (Lipinski definition) is 4. The largest absolute Gasteiger partial charge is 0.478 e. The lowest BCUT2D eigenvalue weighted by Gasteiger charge is -2.22. The molecular weight excluding hydrogens is 441 g/mol. The summed E-state index contributed by atoms with van der Waals surface area (Å²) < 4.78 is 39.0. The minimum atomic E-state index is -4.54. The van der Waals surface area contributed by atoms with Gasteiger partial charge in [-0.3, -0.25) is 9.69 Å². The number of urea groups is 1. The lowest BCUT2D eigenvalue weighted by molar-refractivity contribution is -0.137. The Morgan fingerprint density at radius 1 is 1.12 bits per heavy atom. The fraction of sp³-hybridized carbons (Fsp3) is 0.136. The molecular formula is C22H19F3N4O4. The highest BCUT2D eigenvalue weighted by molar-refractivity contribution is 6.06. The van der Waals surface area contributed by atoms with Crippen LogP contribution in [-0.2, 0) is 6.18 Å². The number of primary amides is 1. The van der Waals surface area contributed by atoms with Crippen LogP contribution in [0.1, 0.15) is 33.3 Å². The second-order valence-electron chi connectivity index (χ2n) is 6.92. The van der Waals surface area contributed by atoms with Crippen molar-refractivity contribution in [2.24, 2.45) is 5.73 Å². The van der Waals surface area contributed by atoms with Gasteiger partial charge < -0.3 is 21.1 Å². The molecule has 0 aliphatic carbocycles. The molecule has 0 saturated heterocycles. The van der Waals surface area contributed by atoms with Crippen molar-refractivity contribution in [3.05, 3.63) is 71.5 Å². The fourth-order valence-electron chi connectivity index (χ4n) is 3.29. The van der Waals surface area contributed by atoms with E-state index < -0.39 is 29.6 Å². The summed E-state index contributed by atoms with van der Waals surface area (Å²) in [7, 11) is 0. The normalized spacial score (nSPS) is 11.2. The van der Waals surface area contributed by atoms with E-state index in [1.54, 1.807) is 6.92 Å². The lowest BCUT2D eigenvalue weighted by atomic mass is 10.0. The number of carbonyl (C=O) groups is 3. The van der Waals surface area contributed by atoms with Gasteiger partial charge in [0.25, 0.3) is 5.91 Å². The number of amides is 3. The van der Waals surface area contributed by atoms with Gasteiger partial charge in [0.2, 0.25) is 0 Å². The van der Waals surface area contributed by atoms with Gasteiger partial charge >= 0.3 is 18.2 Å². The highest BCUT2D eigenvalue weighted by Crippen LogP contribution is 2.32. The second-order valence-corrected chi connectivity index (χ2v) is 6.92. The van der Waals surface area contributed by atoms with Crippen molar-refractivity contribution in [1.29, 1.82) is 0 Å². The van der Waals surface area contributed by atoms with E-state index in [0.29, 0.717) is 11.3 Å². The SMILES string of the molecule is CCN(C(=O)Nc1ccc(-c2c(C(=O)O)c[nH]c2C(N)=O)cc1)c1cccc(C(F)(F)F)c1. The summed E-state index contributed by atoms with van der Waals surface area (Å²) in [5.41, 5.74) is 5.06. The molecule has 1 heterocycles. The van der Waals surface area contributed by atoms with Crippen LogP contribution in [0.5, 0.6) is 0 Å². The van der Waals surface area contributed by atoms with E-state index in [1.165, 1.54) is 36.4 Å². The Morgan fingerprint density at radius 2 is 1.79 bits per heavy atom. The Labute approximate surface area is 185 Å². The summed E-state index contributed by atoms with van der Waals surface area (Å²) >= 11 is 0. The van der Waals surface area contributed by atoms with E-state index in [0.717, 1.165) is 23.2 Å². The van der Waals surface area contributed by atoms with Crippen LogP contribution in [-0.4, -0.2) is 34.5 Å². The number of benzene rings is 2. The van der Waals surface area contributed by atoms with Crippen molar-refractivity contribution < 1.29 is 32.7 Å². The van der Waals surface area contributed by atoms with Crippen molar-refractivity contribution in [3.8, 4) is 11.1 Å². The number of nitrogens with one attached hydrogen (secondary N) is 2. The van der Waals surface area contributed by atoms with Crippen molar-refractivity contribution in [1.82, 2.24) is 4.98 Å². The number of halogens is 3. The molecule has 8 nitrogen and oxygen atoms in total. The number of aromatic carboxylic acids is 1. The highest BCUT2D eigenvalue weighted by Gasteiger charge is 2.31. The number of H-pyrrole nitrogens is 1. The number of rotatable bonds is 6. The summed E-state index contributed by atoms with van der Waals surface area (Å²) in [5, 5.41) is 11.9. The van der Waals surface area contributed by atoms with E-state index in [-0.39, 0.29) is 29.1 Å². The van der Waals surface area contributed by atoms with Crippen LogP contribution in [0.4, 0.5) is 29.3 Å². The zero-order valence-corrected chi connectivity index (χ0v) is 17.2. The maximum absolute atomic E-state index is 13.0. The number of aromatic amines is 1. The van der Waals surface area contributed by atoms with Crippen LogP contribution in [0, 0.1) is 0 Å². The molecule has 172 valence electrons. The minimum absolute atomic E-state index is 0.0750. The molecule has 0 saturated carbocycles. The molecule has 0 aliphatic heterocycles. The van der Waals surface area contributed by atoms with Gasteiger partial charge in [-0.25, -0.2) is 9.59 Å². The number of aromatic nitrogens is 1. The van der Waals surface area contributed by atoms with Gasteiger partial charge in [-0.15, -0.1) is 0 Å². The number of carboxylic acid groups (broad SMARTS) is 1. The first kappa shape index (κ1) is 23.4. The monoisotopic (exact) mass is 460 g/mol. The summed E-state index contributed by atoms with van der Waals surface area (Å²) in [6, 6.07) is 9.67. The first-order valence-corrected chi connectivity index (χ1v) is 9.63. The quantitative estimate of drug-likeness (QED) is 0.430. The van der Waals surface area contributed by atoms with E-state index in [2.05, 4.69) is 10.3 Å². The Kier molecular flexibility index (Phi) is 6.43. The maximum Gasteiger partial charge on any atom is 0.416 e. The third-order valence-electron chi connectivity index (χ3n) is 4.83. The van der Waals surface area contributed by atoms with Crippen molar-refractivity contribution >= 4 is 29.3 Å². The number of carbonyl (C=O) groups excluding carboxylic acids is 2. The minimum Gasteiger partial charge on any atom is -0.478 e. The molecule has 3 aromatic rings. The molecule has 0 aliphatic rings. The predicted molar refractivity (Wildman–Crippen MR) is 115 cm³/mol. The molecule has 3 amide bonds. The summed E-state index contributed by atoms with van der Waals surface area (Å²) in [4.78, 5) is 39.5. The highest BCUT2D eigenvalue weighted by atomic mass is 19.4. The fourth-order valence-corrected chi connectivity index (χ4v) is 3.29. The maximum atomic E-state index is 13.0. The first-order chi connectivity index (χ1) is 15.5. The molecule has 0 spiro atoms. The zero-order chi connectivity index (χ0) is 24.3. The molecule has 2 aromatic carbocycles. The average molecular weight is 460 g/mol. The van der Waals surface area contributed by atoms with Crippen molar-refractivity contribution in [2.45, 2.75) is 13.1 Å². The number of carboxylic acids is 1. The van der Waals surface area contributed by atoms with E-state index >= 15 is 0 Å². The Hall–Kier alpha value is -4.28. The number of nitrogens with two attached hydrogens (primary N) is 1. The van der Waals surface area contributed by atoms with Crippen LogP contribution < -0.4 is 16.0 Å². The Balaban J connectivity index is 1.84. The van der Waals surface area contributed by atoms with Gasteiger partial charge in [0.1, 0.15) is 5.69 Å². The van der Waals surface area contributed by atoms with E-state index in [1.807, 2.05) is 0 Å². The molecule has 5 N–H and O–H groups in total. The van der Waals surface area contributed by atoms with Crippen LogP contribution >= 0.6 is 0 Å². The topological polar surface area (TPSA) is 129 Å². The molecule has 0 bridgehead atoms. The third kappa shape index (κ3) is 4.97. The predicted octanol–water partition coefficient (Wildman–Crippen LogP) is 4.56. The van der Waals surface area contributed by atoms with Crippen LogP contribution in [0.3, 0.4) is 0 Å². The van der Waals surface area contributed by atoms with Crippen LogP contribution in [0.25, 0.3) is 11.1 Å². The van der Waals surface area contributed by atoms with Gasteiger partial charge in [0.15, 0.2) is 0 Å². The van der Waals surface area contributed by atoms with Crippen molar-refractivity contribution in [2.75, 3.05) is 16.8 Å². The second kappa shape index (κ2) is 9.07. The van der Waals surface area contributed by atoms with Gasteiger partial charge in [-0.05, 0) is 42.8 Å². The molecule has 0 radical (unpaired) electrons. The van der Waals surface area contributed by atoms with E-state index in [9.17, 15) is 32.7 Å². The standard InChI is InChI=1S/C22H19F3N4O4/c1-2-29(15-5-3-4-13(10-15)22(23,24)25)21(33)28-14-8-6-12(7-9-14)17-16(20(31)32)11-27-18(17)19(26)30/h3-11,27H,2H2,1H3,(H2,26,30)(H,28,33)(H,31,32).